The lowest BCUT2D eigenvalue weighted by Crippen LogP contribution is -2.19. The summed E-state index contributed by atoms with van der Waals surface area (Å²) in [7, 11) is 4.00. The van der Waals surface area contributed by atoms with E-state index in [4.69, 9.17) is 28.9 Å². The Morgan fingerprint density at radius 3 is 2.42 bits per heavy atom. The third-order valence-electron chi connectivity index (χ3n) is 2.92. The fraction of sp³-hybridized carbons (Fsp3) is 0.308. The van der Waals surface area contributed by atoms with Crippen molar-refractivity contribution in [3.63, 3.8) is 0 Å². The number of imidazole rings is 1. The van der Waals surface area contributed by atoms with Crippen LogP contribution in [-0.2, 0) is 20.1 Å². The molecule has 2 rings (SSSR count). The van der Waals surface area contributed by atoms with E-state index in [0.717, 1.165) is 24.5 Å². The summed E-state index contributed by atoms with van der Waals surface area (Å²) in [6, 6.07) is 3.69. The lowest BCUT2D eigenvalue weighted by Gasteiger charge is -2.17. The molecule has 1 aromatic heterocycles. The summed E-state index contributed by atoms with van der Waals surface area (Å²) in [6.45, 7) is 1.48. The number of anilines is 1. The van der Waals surface area contributed by atoms with Crippen LogP contribution in [0, 0.1) is 0 Å². The molecule has 0 spiro atoms. The molecule has 0 aliphatic carbocycles. The van der Waals surface area contributed by atoms with Crippen molar-refractivity contribution in [2.45, 2.75) is 13.1 Å². The van der Waals surface area contributed by atoms with E-state index in [-0.39, 0.29) is 0 Å². The molecule has 4 nitrogen and oxygen atoms in total. The predicted octanol–water partition coefficient (Wildman–Crippen LogP) is 2.94. The zero-order valence-electron chi connectivity index (χ0n) is 10.9. The van der Waals surface area contributed by atoms with E-state index >= 15 is 0 Å². The van der Waals surface area contributed by atoms with Gasteiger partial charge in [-0.2, -0.15) is 0 Å². The van der Waals surface area contributed by atoms with E-state index in [1.807, 2.05) is 37.0 Å². The van der Waals surface area contributed by atoms with Crippen LogP contribution in [0.1, 0.15) is 11.4 Å². The third kappa shape index (κ3) is 3.41. The summed E-state index contributed by atoms with van der Waals surface area (Å²) in [5, 5.41) is 0.987. The minimum Gasteiger partial charge on any atom is -0.396 e. The van der Waals surface area contributed by atoms with E-state index in [0.29, 0.717) is 15.7 Å². The van der Waals surface area contributed by atoms with Gasteiger partial charge in [-0.25, -0.2) is 4.98 Å². The number of hydrogen-bond donors (Lipinski definition) is 1. The van der Waals surface area contributed by atoms with Gasteiger partial charge in [0.15, 0.2) is 0 Å². The molecule has 0 saturated heterocycles. The summed E-state index contributed by atoms with van der Waals surface area (Å²) in [4.78, 5) is 6.44. The maximum absolute atomic E-state index is 6.03. The molecule has 2 N–H and O–H groups in total. The number of hydrogen-bond acceptors (Lipinski definition) is 3. The number of nitrogens with zero attached hydrogens (tertiary/aromatic N) is 3. The van der Waals surface area contributed by atoms with Crippen LogP contribution in [0.3, 0.4) is 0 Å². The fourth-order valence-corrected chi connectivity index (χ4v) is 2.42. The molecule has 0 bridgehead atoms. The number of nitrogens with two attached hydrogens (primary N) is 1. The van der Waals surface area contributed by atoms with Gasteiger partial charge in [-0.3, -0.25) is 4.90 Å². The van der Waals surface area contributed by atoms with Crippen LogP contribution >= 0.6 is 23.2 Å². The van der Waals surface area contributed by atoms with Crippen LogP contribution in [0.2, 0.25) is 10.0 Å². The monoisotopic (exact) mass is 298 g/mol. The maximum atomic E-state index is 6.03. The van der Waals surface area contributed by atoms with Gasteiger partial charge in [-0.15, -0.1) is 0 Å². The Hall–Kier alpha value is -1.23. The first-order valence-electron chi connectivity index (χ1n) is 5.85. The molecule has 1 aromatic carbocycles. The summed E-state index contributed by atoms with van der Waals surface area (Å²) in [5.41, 5.74) is 7.18. The van der Waals surface area contributed by atoms with Crippen molar-refractivity contribution < 1.29 is 0 Å². The second-order valence-electron chi connectivity index (χ2n) is 4.60. The number of aromatic nitrogens is 2. The summed E-state index contributed by atoms with van der Waals surface area (Å²) >= 11 is 12.1. The molecule has 6 heteroatoms. The highest BCUT2D eigenvalue weighted by Gasteiger charge is 2.09. The minimum absolute atomic E-state index is 0.429. The Labute approximate surface area is 122 Å². The van der Waals surface area contributed by atoms with Crippen LogP contribution < -0.4 is 5.73 Å². The zero-order chi connectivity index (χ0) is 14.0. The zero-order valence-corrected chi connectivity index (χ0v) is 12.4. The van der Waals surface area contributed by atoms with E-state index in [1.54, 1.807) is 6.20 Å². The number of nitrogen functional groups attached to an aromatic ring is 1. The lowest BCUT2D eigenvalue weighted by molar-refractivity contribution is 0.307. The first kappa shape index (κ1) is 14.2. The standard InChI is InChI=1S/C13H16Cl2N4/c1-18(8-12-17-3-4-19(12)2)7-9-5-10(14)13(16)11(15)6-9/h3-6H,7-8,16H2,1-2H3. The van der Waals surface area contributed by atoms with Crippen LogP contribution in [-0.4, -0.2) is 21.5 Å². The summed E-state index contributed by atoms with van der Waals surface area (Å²) in [6.07, 6.45) is 3.72. The Kier molecular flexibility index (Phi) is 4.34. The van der Waals surface area contributed by atoms with Gasteiger partial charge in [0.05, 0.1) is 22.3 Å². The van der Waals surface area contributed by atoms with Gasteiger partial charge in [-0.05, 0) is 24.7 Å². The molecule has 2 aromatic rings. The quantitative estimate of drug-likeness (QED) is 0.883. The molecule has 1 heterocycles. The van der Waals surface area contributed by atoms with Crippen LogP contribution in [0.5, 0.6) is 0 Å². The van der Waals surface area contributed by atoms with Crippen molar-refractivity contribution in [2.75, 3.05) is 12.8 Å². The highest BCUT2D eigenvalue weighted by molar-refractivity contribution is 6.38. The Morgan fingerprint density at radius 1 is 1.26 bits per heavy atom. The summed E-state index contributed by atoms with van der Waals surface area (Å²) < 4.78 is 2.00. The van der Waals surface area contributed by atoms with Gasteiger partial charge >= 0.3 is 0 Å². The lowest BCUT2D eigenvalue weighted by atomic mass is 10.2. The molecular formula is C13H16Cl2N4. The van der Waals surface area contributed by atoms with Crippen molar-refractivity contribution in [1.82, 2.24) is 14.5 Å². The highest BCUT2D eigenvalue weighted by atomic mass is 35.5. The molecule has 0 unspecified atom stereocenters. The molecule has 0 amide bonds. The van der Waals surface area contributed by atoms with E-state index < -0.39 is 0 Å². The van der Waals surface area contributed by atoms with Crippen LogP contribution in [0.25, 0.3) is 0 Å². The number of aryl methyl sites for hydroxylation is 1. The highest BCUT2D eigenvalue weighted by Crippen LogP contribution is 2.29. The molecule has 0 saturated carbocycles. The average molecular weight is 299 g/mol. The minimum atomic E-state index is 0.429. The Morgan fingerprint density at radius 2 is 1.89 bits per heavy atom. The van der Waals surface area contributed by atoms with E-state index in [2.05, 4.69) is 9.88 Å². The fourth-order valence-electron chi connectivity index (χ4n) is 1.89. The van der Waals surface area contributed by atoms with Gasteiger partial charge in [0.2, 0.25) is 0 Å². The molecule has 102 valence electrons. The van der Waals surface area contributed by atoms with Crippen molar-refractivity contribution in [3.8, 4) is 0 Å². The smallest absolute Gasteiger partial charge is 0.122 e. The summed E-state index contributed by atoms with van der Waals surface area (Å²) in [5.74, 6) is 1.01. The number of benzene rings is 1. The van der Waals surface area contributed by atoms with Gasteiger partial charge < -0.3 is 10.3 Å². The van der Waals surface area contributed by atoms with E-state index in [1.165, 1.54) is 0 Å². The Balaban J connectivity index is 2.07. The van der Waals surface area contributed by atoms with Crippen molar-refractivity contribution >= 4 is 28.9 Å². The van der Waals surface area contributed by atoms with Crippen LogP contribution in [0.15, 0.2) is 24.5 Å². The molecule has 0 aliphatic rings. The normalized spacial score (nSPS) is 11.2. The van der Waals surface area contributed by atoms with Gasteiger partial charge in [0, 0.05) is 26.0 Å². The van der Waals surface area contributed by atoms with Crippen molar-refractivity contribution in [1.29, 1.82) is 0 Å². The van der Waals surface area contributed by atoms with E-state index in [9.17, 15) is 0 Å². The molecule has 0 fully saturated rings. The van der Waals surface area contributed by atoms with Crippen molar-refractivity contribution in [2.24, 2.45) is 7.05 Å². The molecule has 0 aliphatic heterocycles. The topological polar surface area (TPSA) is 47.1 Å². The number of halogens is 2. The molecular weight excluding hydrogens is 283 g/mol. The molecule has 0 atom stereocenters. The van der Waals surface area contributed by atoms with Crippen molar-refractivity contribution in [3.05, 3.63) is 46.0 Å². The number of rotatable bonds is 4. The maximum Gasteiger partial charge on any atom is 0.122 e. The second kappa shape index (κ2) is 5.82. The predicted molar refractivity (Wildman–Crippen MR) is 79.3 cm³/mol. The largest absolute Gasteiger partial charge is 0.396 e. The van der Waals surface area contributed by atoms with Gasteiger partial charge in [-0.1, -0.05) is 23.2 Å². The molecule has 19 heavy (non-hydrogen) atoms. The SMILES string of the molecule is CN(Cc1cc(Cl)c(N)c(Cl)c1)Cc1nccn1C. The van der Waals surface area contributed by atoms with Gasteiger partial charge in [0.1, 0.15) is 5.82 Å². The first-order valence-corrected chi connectivity index (χ1v) is 6.61. The van der Waals surface area contributed by atoms with Crippen LogP contribution in [0.4, 0.5) is 5.69 Å². The van der Waals surface area contributed by atoms with Gasteiger partial charge in [0.25, 0.3) is 0 Å². The second-order valence-corrected chi connectivity index (χ2v) is 5.41. The first-order chi connectivity index (χ1) is 8.97. The third-order valence-corrected chi connectivity index (χ3v) is 3.55. The average Bonchev–Trinajstić information content (AvgIpc) is 2.72. The Bertz CT molecular complexity index is 557. The molecule has 0 radical (unpaired) electrons.